The summed E-state index contributed by atoms with van der Waals surface area (Å²) < 4.78 is 0. The van der Waals surface area contributed by atoms with Crippen molar-refractivity contribution in [3.8, 4) is 0 Å². The number of benzene rings is 13. The van der Waals surface area contributed by atoms with Crippen molar-refractivity contribution < 1.29 is 0 Å². The van der Waals surface area contributed by atoms with Crippen LogP contribution in [0.15, 0.2) is 401 Å². The molecule has 0 unspecified atom stereocenters. The van der Waals surface area contributed by atoms with Crippen LogP contribution >= 0.6 is 0 Å². The van der Waals surface area contributed by atoms with Gasteiger partial charge in [0.2, 0.25) is 0 Å². The highest BCUT2D eigenvalue weighted by molar-refractivity contribution is 5.88. The summed E-state index contributed by atoms with van der Waals surface area (Å²) in [6, 6.07) is 129. The van der Waals surface area contributed by atoms with Crippen LogP contribution in [0, 0.1) is 0 Å². The van der Waals surface area contributed by atoms with Gasteiger partial charge in [-0.3, -0.25) is 0 Å². The minimum atomic E-state index is 1.05. The van der Waals surface area contributed by atoms with Gasteiger partial charge in [0.1, 0.15) is 0 Å². The van der Waals surface area contributed by atoms with Crippen molar-refractivity contribution in [1.29, 1.82) is 0 Å². The maximum absolute atomic E-state index is 2.30. The fourth-order valence-electron chi connectivity index (χ4n) is 11.7. The van der Waals surface area contributed by atoms with Gasteiger partial charge in [0.25, 0.3) is 0 Å². The van der Waals surface area contributed by atoms with E-state index in [1.807, 2.05) is 0 Å². The molecule has 0 aromatic heterocycles. The lowest BCUT2D eigenvalue weighted by atomic mass is 9.97. The van der Waals surface area contributed by atoms with Crippen LogP contribution in [0.1, 0.15) is 77.9 Å². The Morgan fingerprint density at radius 2 is 0.333 bits per heavy atom. The molecular formula is C94H72N2. The Kier molecular flexibility index (Phi) is 20.5. The zero-order valence-electron chi connectivity index (χ0n) is 53.5. The first-order valence-corrected chi connectivity index (χ1v) is 32.7. The van der Waals surface area contributed by atoms with E-state index in [1.165, 1.54) is 33.4 Å². The summed E-state index contributed by atoms with van der Waals surface area (Å²) in [5.41, 5.74) is 24.8. The van der Waals surface area contributed by atoms with Crippen LogP contribution in [-0.4, -0.2) is 0 Å². The maximum Gasteiger partial charge on any atom is 0.0456 e. The van der Waals surface area contributed by atoms with E-state index in [4.69, 9.17) is 0 Å². The van der Waals surface area contributed by atoms with Crippen LogP contribution in [-0.2, 0) is 0 Å². The molecule has 0 aliphatic rings. The minimum Gasteiger partial charge on any atom is -0.317 e. The Balaban J connectivity index is 0.721. The van der Waals surface area contributed by atoms with Crippen molar-refractivity contribution in [3.05, 3.63) is 479 Å². The SMILES string of the molecule is C(=Cc1ccc(N(C=C(c2ccccc2)c2ccccc2)c2ccc(C=Cc3ccc(C=Cc4ccc(N(C=C(c5ccccc5)c5ccccc5)c5ccc(C=CC=C(c6ccccc6)c6ccccc6)cc5)cc4)cc3)cc2)cc1)C=C(c1ccccc1)c1ccccc1. The molecule has 0 saturated carbocycles. The Morgan fingerprint density at radius 1 is 0.167 bits per heavy atom. The largest absolute Gasteiger partial charge is 0.317 e. The number of rotatable bonds is 22. The lowest BCUT2D eigenvalue weighted by Gasteiger charge is -2.24. The van der Waals surface area contributed by atoms with Gasteiger partial charge in [0.15, 0.2) is 0 Å². The van der Waals surface area contributed by atoms with Gasteiger partial charge in [0, 0.05) is 46.3 Å². The van der Waals surface area contributed by atoms with E-state index >= 15 is 0 Å². The van der Waals surface area contributed by atoms with Gasteiger partial charge in [-0.1, -0.05) is 376 Å². The Bertz CT molecular complexity index is 4360. The van der Waals surface area contributed by atoms with Crippen molar-refractivity contribution >= 4 is 81.5 Å². The molecule has 0 atom stereocenters. The molecule has 2 heteroatoms. The Morgan fingerprint density at radius 3 is 0.531 bits per heavy atom. The number of allylic oxidation sites excluding steroid dienone is 4. The molecule has 0 spiro atoms. The van der Waals surface area contributed by atoms with Gasteiger partial charge in [-0.15, -0.1) is 0 Å². The molecule has 0 N–H and O–H groups in total. The highest BCUT2D eigenvalue weighted by Gasteiger charge is 2.15. The quantitative estimate of drug-likeness (QED) is 0.0493. The molecule has 2 nitrogen and oxygen atoms in total. The van der Waals surface area contributed by atoms with Crippen molar-refractivity contribution in [1.82, 2.24) is 0 Å². The van der Waals surface area contributed by atoms with E-state index in [0.717, 1.165) is 89.5 Å². The van der Waals surface area contributed by atoms with Gasteiger partial charge < -0.3 is 9.80 Å². The summed E-state index contributed by atoms with van der Waals surface area (Å²) >= 11 is 0. The molecule has 0 aliphatic heterocycles. The predicted molar refractivity (Wildman–Crippen MR) is 412 cm³/mol. The van der Waals surface area contributed by atoms with Gasteiger partial charge in [-0.05, 0) is 138 Å². The Labute approximate surface area is 566 Å². The number of hydrogen-bond acceptors (Lipinski definition) is 2. The average molecular weight is 1230 g/mol. The van der Waals surface area contributed by atoms with Gasteiger partial charge in [-0.2, -0.15) is 0 Å². The van der Waals surface area contributed by atoms with E-state index in [9.17, 15) is 0 Å². The lowest BCUT2D eigenvalue weighted by Crippen LogP contribution is -2.10. The predicted octanol–water partition coefficient (Wildman–Crippen LogP) is 24.8. The number of nitrogens with zero attached hydrogens (tertiary/aromatic N) is 2. The molecule has 13 aromatic rings. The Hall–Kier alpha value is -12.6. The first-order chi connectivity index (χ1) is 47.6. The fourth-order valence-corrected chi connectivity index (χ4v) is 11.7. The van der Waals surface area contributed by atoms with Crippen LogP contribution in [0.3, 0.4) is 0 Å². The van der Waals surface area contributed by atoms with Crippen LogP contribution in [0.4, 0.5) is 22.7 Å². The third-order valence-electron chi connectivity index (χ3n) is 16.9. The monoisotopic (exact) mass is 1230 g/mol. The smallest absolute Gasteiger partial charge is 0.0456 e. The highest BCUT2D eigenvalue weighted by Crippen LogP contribution is 2.36. The summed E-state index contributed by atoms with van der Waals surface area (Å²) in [5, 5.41) is 0. The van der Waals surface area contributed by atoms with Crippen molar-refractivity contribution in [2.24, 2.45) is 0 Å². The summed E-state index contributed by atoms with van der Waals surface area (Å²) in [7, 11) is 0. The van der Waals surface area contributed by atoms with Crippen molar-refractivity contribution in [2.75, 3.05) is 9.80 Å². The fraction of sp³-hybridized carbons (Fsp3) is 0. The van der Waals surface area contributed by atoms with Gasteiger partial charge >= 0.3 is 0 Å². The van der Waals surface area contributed by atoms with Crippen LogP contribution < -0.4 is 9.80 Å². The number of hydrogen-bond donors (Lipinski definition) is 0. The molecule has 0 bridgehead atoms. The normalized spacial score (nSPS) is 11.2. The molecule has 0 aliphatic carbocycles. The molecule has 0 radical (unpaired) electrons. The second kappa shape index (κ2) is 31.6. The maximum atomic E-state index is 2.30. The minimum absolute atomic E-state index is 1.05. The second-order valence-electron chi connectivity index (χ2n) is 23.3. The zero-order chi connectivity index (χ0) is 64.8. The first kappa shape index (κ1) is 62.2. The van der Waals surface area contributed by atoms with Crippen molar-refractivity contribution in [2.45, 2.75) is 0 Å². The molecule has 13 rings (SSSR count). The van der Waals surface area contributed by atoms with Gasteiger partial charge in [0.05, 0.1) is 0 Å². The van der Waals surface area contributed by atoms with Gasteiger partial charge in [-0.25, -0.2) is 0 Å². The molecule has 0 fully saturated rings. The number of anilines is 4. The summed E-state index contributed by atoms with van der Waals surface area (Å²) in [4.78, 5) is 4.60. The van der Waals surface area contributed by atoms with E-state index in [0.29, 0.717) is 0 Å². The third kappa shape index (κ3) is 16.3. The van der Waals surface area contributed by atoms with Crippen LogP contribution in [0.2, 0.25) is 0 Å². The zero-order valence-corrected chi connectivity index (χ0v) is 53.5. The molecule has 0 heterocycles. The van der Waals surface area contributed by atoms with E-state index in [2.05, 4.69) is 447 Å². The summed E-state index contributed by atoms with van der Waals surface area (Å²) in [6.45, 7) is 0. The first-order valence-electron chi connectivity index (χ1n) is 32.7. The molecule has 96 heavy (non-hydrogen) atoms. The molecule has 0 amide bonds. The highest BCUT2D eigenvalue weighted by atomic mass is 15.1. The van der Waals surface area contributed by atoms with Crippen molar-refractivity contribution in [3.63, 3.8) is 0 Å². The van der Waals surface area contributed by atoms with Crippen LogP contribution in [0.25, 0.3) is 58.7 Å². The van der Waals surface area contributed by atoms with E-state index in [1.54, 1.807) is 0 Å². The molecule has 0 saturated heterocycles. The van der Waals surface area contributed by atoms with E-state index in [-0.39, 0.29) is 0 Å². The molecule has 458 valence electrons. The lowest BCUT2D eigenvalue weighted by molar-refractivity contribution is 1.28. The standard InChI is InChI=1S/C94H72N2/c1-9-29-79(30-10-1)91(80-31-11-2-12-32-80)45-25-27-73-55-63-87(64-56-73)95(71-93(83-37-17-5-18-38-83)84-39-19-6-20-40-84)89-67-59-77(60-68-89)53-51-75-47-49-76(50-48-75)52-54-78-61-69-90(70-62-78)96(72-94(85-41-21-7-22-42-85)86-43-23-8-24-44-86)88-65-57-74(58-66-88)28-26-46-92(81-33-13-3-14-34-81)82-35-15-4-16-36-82/h1-72H. The average Bonchev–Trinajstić information content (AvgIpc) is 0.977. The molecular weight excluding hydrogens is 1160 g/mol. The molecule has 13 aromatic carbocycles. The second-order valence-corrected chi connectivity index (χ2v) is 23.3. The summed E-state index contributed by atoms with van der Waals surface area (Å²) in [6.07, 6.45) is 26.4. The van der Waals surface area contributed by atoms with Crippen LogP contribution in [0.5, 0.6) is 0 Å². The van der Waals surface area contributed by atoms with E-state index < -0.39 is 0 Å². The summed E-state index contributed by atoms with van der Waals surface area (Å²) in [5.74, 6) is 0. The topological polar surface area (TPSA) is 6.48 Å². The third-order valence-corrected chi connectivity index (χ3v) is 16.9.